The van der Waals surface area contributed by atoms with E-state index in [1.807, 2.05) is 12.1 Å². The quantitative estimate of drug-likeness (QED) is 0.423. The topological polar surface area (TPSA) is 49.6 Å². The molecular formula is C16H30IN3O. The molecule has 0 fully saturated rings. The second-order valence-electron chi connectivity index (χ2n) is 6.42. The third-order valence-electron chi connectivity index (χ3n) is 3.03. The summed E-state index contributed by atoms with van der Waals surface area (Å²) >= 11 is 0. The maximum Gasteiger partial charge on any atom is 0.191 e. The van der Waals surface area contributed by atoms with Gasteiger partial charge in [-0.15, -0.1) is 24.0 Å². The highest BCUT2D eigenvalue weighted by Crippen LogP contribution is 2.21. The van der Waals surface area contributed by atoms with Gasteiger partial charge in [0.1, 0.15) is 12.3 Å². The summed E-state index contributed by atoms with van der Waals surface area (Å²) in [6, 6.07) is 4.23. The normalized spacial score (nSPS) is 13.5. The zero-order chi connectivity index (χ0) is 15.0. The van der Waals surface area contributed by atoms with E-state index in [0.29, 0.717) is 18.0 Å². The summed E-state index contributed by atoms with van der Waals surface area (Å²) in [4.78, 5) is 4.54. The van der Waals surface area contributed by atoms with Crippen LogP contribution in [0.25, 0.3) is 0 Å². The fraction of sp³-hybridized carbons (Fsp3) is 0.688. The Morgan fingerprint density at radius 2 is 2.10 bits per heavy atom. The van der Waals surface area contributed by atoms with Crippen LogP contribution >= 0.6 is 24.0 Å². The van der Waals surface area contributed by atoms with Gasteiger partial charge in [-0.1, -0.05) is 20.8 Å². The van der Waals surface area contributed by atoms with E-state index < -0.39 is 0 Å². The molecule has 0 aliphatic carbocycles. The first-order valence-electron chi connectivity index (χ1n) is 7.48. The number of nitrogens with zero attached hydrogens (tertiary/aromatic N) is 1. The molecule has 1 rings (SSSR count). The van der Waals surface area contributed by atoms with Gasteiger partial charge >= 0.3 is 0 Å². The highest BCUT2D eigenvalue weighted by Gasteiger charge is 2.13. The van der Waals surface area contributed by atoms with Crippen LogP contribution in [0, 0.1) is 5.41 Å². The Labute approximate surface area is 146 Å². The van der Waals surface area contributed by atoms with E-state index in [1.165, 1.54) is 6.42 Å². The summed E-state index contributed by atoms with van der Waals surface area (Å²) in [7, 11) is 0. The molecule has 2 N–H and O–H groups in total. The largest absolute Gasteiger partial charge is 0.467 e. The lowest BCUT2D eigenvalue weighted by Crippen LogP contribution is -2.42. The van der Waals surface area contributed by atoms with E-state index in [9.17, 15) is 0 Å². The summed E-state index contributed by atoms with van der Waals surface area (Å²) in [6.07, 6.45) is 4.00. The highest BCUT2D eigenvalue weighted by molar-refractivity contribution is 14.0. The predicted molar refractivity (Wildman–Crippen MR) is 100 cm³/mol. The first kappa shape index (κ1) is 20.3. The fourth-order valence-electron chi connectivity index (χ4n) is 1.83. The number of guanidine groups is 1. The van der Waals surface area contributed by atoms with Gasteiger partial charge in [-0.2, -0.15) is 0 Å². The zero-order valence-corrected chi connectivity index (χ0v) is 16.2. The van der Waals surface area contributed by atoms with E-state index in [1.54, 1.807) is 6.26 Å². The fourth-order valence-corrected chi connectivity index (χ4v) is 1.83. The molecule has 1 aromatic heterocycles. The Kier molecular flexibility index (Phi) is 9.74. The van der Waals surface area contributed by atoms with Crippen molar-refractivity contribution in [2.24, 2.45) is 10.4 Å². The molecule has 0 radical (unpaired) electrons. The van der Waals surface area contributed by atoms with Crippen molar-refractivity contribution in [2.45, 2.75) is 60.0 Å². The van der Waals surface area contributed by atoms with Crippen molar-refractivity contribution in [3.05, 3.63) is 24.2 Å². The summed E-state index contributed by atoms with van der Waals surface area (Å²) in [6.45, 7) is 12.5. The van der Waals surface area contributed by atoms with Gasteiger partial charge < -0.3 is 15.1 Å². The van der Waals surface area contributed by atoms with Crippen molar-refractivity contribution in [1.82, 2.24) is 10.6 Å². The summed E-state index contributed by atoms with van der Waals surface area (Å²) < 4.78 is 5.30. The number of nitrogens with one attached hydrogen (secondary N) is 2. The Morgan fingerprint density at radius 3 is 2.62 bits per heavy atom. The molecule has 0 aromatic carbocycles. The smallest absolute Gasteiger partial charge is 0.191 e. The average Bonchev–Trinajstić information content (AvgIpc) is 2.86. The monoisotopic (exact) mass is 407 g/mol. The van der Waals surface area contributed by atoms with E-state index in [0.717, 1.165) is 24.7 Å². The van der Waals surface area contributed by atoms with Gasteiger partial charge in [0.05, 0.1) is 6.26 Å². The van der Waals surface area contributed by atoms with E-state index >= 15 is 0 Å². The maximum absolute atomic E-state index is 5.30. The average molecular weight is 407 g/mol. The SMILES string of the molecule is CCNC(=NCc1ccco1)NC(C)CCC(C)(C)C.I. The molecule has 0 spiro atoms. The highest BCUT2D eigenvalue weighted by atomic mass is 127. The van der Waals surface area contributed by atoms with Crippen LogP contribution in [0.3, 0.4) is 0 Å². The molecule has 1 heterocycles. The minimum atomic E-state index is 0. The standard InChI is InChI=1S/C16H29N3O.HI/c1-6-17-15(18-12-14-8-7-11-20-14)19-13(2)9-10-16(3,4)5;/h7-8,11,13H,6,9-10,12H2,1-5H3,(H2,17,18,19);1H. The number of aliphatic imine (C=N–C) groups is 1. The lowest BCUT2D eigenvalue weighted by molar-refractivity contribution is 0.346. The van der Waals surface area contributed by atoms with Crippen LogP contribution in [0.15, 0.2) is 27.8 Å². The lowest BCUT2D eigenvalue weighted by atomic mass is 9.89. The van der Waals surface area contributed by atoms with Crippen molar-refractivity contribution in [2.75, 3.05) is 6.54 Å². The Bertz CT molecular complexity index is 396. The molecule has 0 saturated heterocycles. The summed E-state index contributed by atoms with van der Waals surface area (Å²) in [5.41, 5.74) is 0.375. The number of hydrogen-bond acceptors (Lipinski definition) is 2. The van der Waals surface area contributed by atoms with Crippen molar-refractivity contribution in [1.29, 1.82) is 0 Å². The van der Waals surface area contributed by atoms with Crippen molar-refractivity contribution >= 4 is 29.9 Å². The summed E-state index contributed by atoms with van der Waals surface area (Å²) in [5, 5.41) is 6.72. The number of halogens is 1. The molecular weight excluding hydrogens is 377 g/mol. The van der Waals surface area contributed by atoms with Crippen molar-refractivity contribution in [3.8, 4) is 0 Å². The molecule has 5 heteroatoms. The molecule has 122 valence electrons. The van der Waals surface area contributed by atoms with Gasteiger partial charge in [0, 0.05) is 12.6 Å². The van der Waals surface area contributed by atoms with Crippen LogP contribution in [-0.4, -0.2) is 18.5 Å². The number of furan rings is 1. The van der Waals surface area contributed by atoms with Crippen molar-refractivity contribution < 1.29 is 4.42 Å². The third-order valence-corrected chi connectivity index (χ3v) is 3.03. The van der Waals surface area contributed by atoms with Gasteiger partial charge in [0.2, 0.25) is 0 Å². The Balaban J connectivity index is 0.00000400. The van der Waals surface area contributed by atoms with Gasteiger partial charge in [-0.25, -0.2) is 4.99 Å². The second kappa shape index (κ2) is 10.1. The third kappa shape index (κ3) is 9.77. The van der Waals surface area contributed by atoms with Crippen LogP contribution < -0.4 is 10.6 Å². The summed E-state index contributed by atoms with van der Waals surface area (Å²) in [5.74, 6) is 1.73. The molecule has 1 aromatic rings. The molecule has 0 aliphatic rings. The van der Waals surface area contributed by atoms with Gasteiger partial charge in [0.15, 0.2) is 5.96 Å². The number of hydrogen-bond donors (Lipinski definition) is 2. The molecule has 0 bridgehead atoms. The molecule has 4 nitrogen and oxygen atoms in total. The molecule has 1 unspecified atom stereocenters. The van der Waals surface area contributed by atoms with Crippen LogP contribution in [0.2, 0.25) is 0 Å². The van der Waals surface area contributed by atoms with Crippen LogP contribution in [0.5, 0.6) is 0 Å². The van der Waals surface area contributed by atoms with Gasteiger partial charge in [-0.05, 0) is 44.2 Å². The molecule has 21 heavy (non-hydrogen) atoms. The van der Waals surface area contributed by atoms with E-state index in [-0.39, 0.29) is 24.0 Å². The second-order valence-corrected chi connectivity index (χ2v) is 6.42. The van der Waals surface area contributed by atoms with E-state index in [2.05, 4.69) is 50.2 Å². The number of rotatable bonds is 6. The van der Waals surface area contributed by atoms with Gasteiger partial charge in [0.25, 0.3) is 0 Å². The minimum absolute atomic E-state index is 0. The van der Waals surface area contributed by atoms with Crippen molar-refractivity contribution in [3.63, 3.8) is 0 Å². The maximum atomic E-state index is 5.30. The lowest BCUT2D eigenvalue weighted by Gasteiger charge is -2.23. The molecule has 1 atom stereocenters. The first-order chi connectivity index (χ1) is 9.40. The van der Waals surface area contributed by atoms with Crippen LogP contribution in [-0.2, 0) is 6.54 Å². The van der Waals surface area contributed by atoms with Crippen LogP contribution in [0.4, 0.5) is 0 Å². The Morgan fingerprint density at radius 1 is 1.38 bits per heavy atom. The first-order valence-corrected chi connectivity index (χ1v) is 7.48. The van der Waals surface area contributed by atoms with Crippen LogP contribution in [0.1, 0.15) is 53.2 Å². The molecule has 0 aliphatic heterocycles. The predicted octanol–water partition coefficient (Wildman–Crippen LogP) is 4.17. The molecule has 0 amide bonds. The zero-order valence-electron chi connectivity index (χ0n) is 13.9. The molecule has 0 saturated carbocycles. The van der Waals surface area contributed by atoms with Gasteiger partial charge in [-0.3, -0.25) is 0 Å². The van der Waals surface area contributed by atoms with E-state index in [4.69, 9.17) is 4.42 Å². The minimum Gasteiger partial charge on any atom is -0.467 e. The Hall–Kier alpha value is -0.720.